The van der Waals surface area contributed by atoms with Crippen LogP contribution in [0.4, 0.5) is 8.78 Å². The van der Waals surface area contributed by atoms with Gasteiger partial charge in [0.1, 0.15) is 11.6 Å². The Balaban J connectivity index is 2.49. The van der Waals surface area contributed by atoms with E-state index in [1.54, 1.807) is 7.05 Å². The molecule has 1 N–H and O–H groups in total. The molecule has 18 heavy (non-hydrogen) atoms. The first-order valence-corrected chi connectivity index (χ1v) is 5.59. The SMILES string of the molecule is CNC(c1cnccn1)c1cc(F)c(Cl)cc1F. The van der Waals surface area contributed by atoms with Crippen LogP contribution in [0.15, 0.2) is 30.7 Å². The first kappa shape index (κ1) is 12.9. The lowest BCUT2D eigenvalue weighted by Gasteiger charge is -2.16. The van der Waals surface area contributed by atoms with Gasteiger partial charge >= 0.3 is 0 Å². The number of hydrogen-bond donors (Lipinski definition) is 1. The Kier molecular flexibility index (Phi) is 3.84. The van der Waals surface area contributed by atoms with Gasteiger partial charge in [0, 0.05) is 18.0 Å². The fraction of sp³-hybridized carbons (Fsp3) is 0.167. The van der Waals surface area contributed by atoms with Crippen molar-refractivity contribution in [3.63, 3.8) is 0 Å². The van der Waals surface area contributed by atoms with Crippen LogP contribution in [0, 0.1) is 11.6 Å². The van der Waals surface area contributed by atoms with Crippen LogP contribution in [-0.2, 0) is 0 Å². The maximum Gasteiger partial charge on any atom is 0.142 e. The number of nitrogens with one attached hydrogen (secondary N) is 1. The highest BCUT2D eigenvalue weighted by Gasteiger charge is 2.19. The Bertz CT molecular complexity index is 549. The Morgan fingerprint density at radius 1 is 1.22 bits per heavy atom. The Labute approximate surface area is 108 Å². The summed E-state index contributed by atoms with van der Waals surface area (Å²) in [5.74, 6) is -1.26. The minimum Gasteiger partial charge on any atom is -0.308 e. The molecule has 0 saturated heterocycles. The molecule has 0 fully saturated rings. The van der Waals surface area contributed by atoms with E-state index in [9.17, 15) is 8.78 Å². The smallest absolute Gasteiger partial charge is 0.142 e. The van der Waals surface area contributed by atoms with E-state index in [2.05, 4.69) is 15.3 Å². The topological polar surface area (TPSA) is 37.8 Å². The van der Waals surface area contributed by atoms with E-state index >= 15 is 0 Å². The lowest BCUT2D eigenvalue weighted by Crippen LogP contribution is -2.20. The van der Waals surface area contributed by atoms with Crippen molar-refractivity contribution in [1.82, 2.24) is 15.3 Å². The average Bonchev–Trinajstić information content (AvgIpc) is 2.38. The van der Waals surface area contributed by atoms with Crippen molar-refractivity contribution >= 4 is 11.6 Å². The van der Waals surface area contributed by atoms with Crippen molar-refractivity contribution in [2.45, 2.75) is 6.04 Å². The monoisotopic (exact) mass is 269 g/mol. The van der Waals surface area contributed by atoms with Gasteiger partial charge in [0.05, 0.1) is 23.0 Å². The minimum absolute atomic E-state index is 0.139. The summed E-state index contributed by atoms with van der Waals surface area (Å²) in [6.07, 6.45) is 4.49. The fourth-order valence-electron chi connectivity index (χ4n) is 1.68. The van der Waals surface area contributed by atoms with Crippen LogP contribution < -0.4 is 5.32 Å². The summed E-state index contributed by atoms with van der Waals surface area (Å²) in [5.41, 5.74) is 0.639. The molecule has 0 radical (unpaired) electrons. The molecule has 0 aliphatic rings. The van der Waals surface area contributed by atoms with Crippen LogP contribution in [0.25, 0.3) is 0 Å². The molecule has 1 aromatic carbocycles. The molecule has 0 saturated carbocycles. The molecule has 2 aromatic rings. The molecule has 2 rings (SSSR count). The molecule has 1 aromatic heterocycles. The highest BCUT2D eigenvalue weighted by molar-refractivity contribution is 6.30. The first-order chi connectivity index (χ1) is 8.63. The molecular formula is C12H10ClF2N3. The third-order valence-corrected chi connectivity index (χ3v) is 2.81. The zero-order valence-electron chi connectivity index (χ0n) is 9.49. The second-order valence-electron chi connectivity index (χ2n) is 3.64. The van der Waals surface area contributed by atoms with E-state index in [0.29, 0.717) is 5.69 Å². The van der Waals surface area contributed by atoms with Gasteiger partial charge in [-0.1, -0.05) is 11.6 Å². The summed E-state index contributed by atoms with van der Waals surface area (Å²) in [6, 6.07) is 1.44. The summed E-state index contributed by atoms with van der Waals surface area (Å²) in [7, 11) is 1.63. The van der Waals surface area contributed by atoms with E-state index < -0.39 is 17.7 Å². The van der Waals surface area contributed by atoms with Crippen molar-refractivity contribution in [1.29, 1.82) is 0 Å². The van der Waals surface area contributed by atoms with Crippen LogP contribution in [0.3, 0.4) is 0 Å². The lowest BCUT2D eigenvalue weighted by atomic mass is 10.0. The molecule has 0 bridgehead atoms. The zero-order chi connectivity index (χ0) is 13.1. The normalized spacial score (nSPS) is 12.4. The van der Waals surface area contributed by atoms with Gasteiger partial charge in [-0.2, -0.15) is 0 Å². The quantitative estimate of drug-likeness (QED) is 0.871. The van der Waals surface area contributed by atoms with Crippen molar-refractivity contribution in [2.24, 2.45) is 0 Å². The Hall–Kier alpha value is -1.59. The first-order valence-electron chi connectivity index (χ1n) is 5.21. The van der Waals surface area contributed by atoms with E-state index in [1.165, 1.54) is 18.6 Å². The van der Waals surface area contributed by atoms with E-state index in [-0.39, 0.29) is 10.6 Å². The molecule has 0 amide bonds. The van der Waals surface area contributed by atoms with E-state index in [4.69, 9.17) is 11.6 Å². The van der Waals surface area contributed by atoms with Gasteiger partial charge in [0.15, 0.2) is 0 Å². The number of halogens is 3. The maximum absolute atomic E-state index is 13.8. The summed E-state index contributed by atoms with van der Waals surface area (Å²) >= 11 is 5.52. The number of benzene rings is 1. The molecule has 1 atom stereocenters. The van der Waals surface area contributed by atoms with Crippen molar-refractivity contribution in [2.75, 3.05) is 7.05 Å². The summed E-state index contributed by atoms with van der Waals surface area (Å²) in [6.45, 7) is 0. The predicted molar refractivity (Wildman–Crippen MR) is 64.3 cm³/mol. The van der Waals surface area contributed by atoms with E-state index in [1.807, 2.05) is 0 Å². The summed E-state index contributed by atoms with van der Waals surface area (Å²) in [4.78, 5) is 7.98. The number of aromatic nitrogens is 2. The van der Waals surface area contributed by atoms with Crippen LogP contribution >= 0.6 is 11.6 Å². The number of rotatable bonds is 3. The second kappa shape index (κ2) is 5.37. The second-order valence-corrected chi connectivity index (χ2v) is 4.05. The van der Waals surface area contributed by atoms with Gasteiger partial charge in [-0.3, -0.25) is 9.97 Å². The third kappa shape index (κ3) is 2.47. The van der Waals surface area contributed by atoms with Crippen molar-refractivity contribution in [3.8, 4) is 0 Å². The van der Waals surface area contributed by atoms with Crippen LogP contribution in [0.5, 0.6) is 0 Å². The highest BCUT2D eigenvalue weighted by atomic mass is 35.5. The van der Waals surface area contributed by atoms with Gasteiger partial charge in [-0.15, -0.1) is 0 Å². The molecule has 0 spiro atoms. The number of hydrogen-bond acceptors (Lipinski definition) is 3. The molecule has 0 aliphatic heterocycles. The molecule has 3 nitrogen and oxygen atoms in total. The van der Waals surface area contributed by atoms with Gasteiger partial charge in [-0.05, 0) is 19.2 Å². The molecular weight excluding hydrogens is 260 g/mol. The average molecular weight is 270 g/mol. The Morgan fingerprint density at radius 2 is 2.00 bits per heavy atom. The molecule has 0 aliphatic carbocycles. The Morgan fingerprint density at radius 3 is 2.61 bits per heavy atom. The minimum atomic E-state index is -0.669. The van der Waals surface area contributed by atoms with Gasteiger partial charge < -0.3 is 5.32 Å². The number of nitrogens with zero attached hydrogens (tertiary/aromatic N) is 2. The molecule has 94 valence electrons. The van der Waals surface area contributed by atoms with Crippen molar-refractivity contribution < 1.29 is 8.78 Å². The van der Waals surface area contributed by atoms with Crippen molar-refractivity contribution in [3.05, 3.63) is 58.6 Å². The lowest BCUT2D eigenvalue weighted by molar-refractivity contribution is 0.553. The summed E-state index contributed by atoms with van der Waals surface area (Å²) < 4.78 is 27.2. The fourth-order valence-corrected chi connectivity index (χ4v) is 1.83. The third-order valence-electron chi connectivity index (χ3n) is 2.52. The highest BCUT2D eigenvalue weighted by Crippen LogP contribution is 2.26. The zero-order valence-corrected chi connectivity index (χ0v) is 10.2. The molecule has 1 heterocycles. The predicted octanol–water partition coefficient (Wildman–Crippen LogP) is 2.72. The van der Waals surface area contributed by atoms with Gasteiger partial charge in [0.25, 0.3) is 0 Å². The van der Waals surface area contributed by atoms with Gasteiger partial charge in [-0.25, -0.2) is 8.78 Å². The van der Waals surface area contributed by atoms with Crippen LogP contribution in [0.2, 0.25) is 5.02 Å². The standard InChI is InChI=1S/C12H10ClF2N3/c1-16-12(11-6-17-2-3-18-11)7-4-10(15)8(13)5-9(7)14/h2-6,12,16H,1H3. The summed E-state index contributed by atoms with van der Waals surface area (Å²) in [5, 5.41) is 2.62. The molecule has 1 unspecified atom stereocenters. The van der Waals surface area contributed by atoms with E-state index in [0.717, 1.165) is 12.1 Å². The largest absolute Gasteiger partial charge is 0.308 e. The van der Waals surface area contributed by atoms with Gasteiger partial charge in [0.2, 0.25) is 0 Å². The molecule has 6 heteroatoms. The maximum atomic E-state index is 13.8. The van der Waals surface area contributed by atoms with Crippen LogP contribution in [-0.4, -0.2) is 17.0 Å². The van der Waals surface area contributed by atoms with Crippen LogP contribution in [0.1, 0.15) is 17.3 Å².